The Morgan fingerprint density at radius 1 is 1.12 bits per heavy atom. The van der Waals surface area contributed by atoms with Crippen LogP contribution in [0.1, 0.15) is 52.9 Å². The zero-order valence-electron chi connectivity index (χ0n) is 10.7. The number of hydrogen-bond acceptors (Lipinski definition) is 2. The van der Waals surface area contributed by atoms with Crippen LogP contribution in [-0.2, 0) is 10.0 Å². The topological polar surface area (TPSA) is 46.2 Å². The monoisotopic (exact) mass is 247 g/mol. The molecule has 4 heteroatoms. The predicted octanol–water partition coefficient (Wildman–Crippen LogP) is 2.53. The molecule has 0 aromatic carbocycles. The molecular weight excluding hydrogens is 222 g/mol. The summed E-state index contributed by atoms with van der Waals surface area (Å²) in [4.78, 5) is 0. The first-order valence-electron chi connectivity index (χ1n) is 6.44. The van der Waals surface area contributed by atoms with Crippen LogP contribution < -0.4 is 4.72 Å². The summed E-state index contributed by atoms with van der Waals surface area (Å²) in [6, 6.07) is 0. The summed E-state index contributed by atoms with van der Waals surface area (Å²) in [5.41, 5.74) is 0. The Balaban J connectivity index is 2.30. The van der Waals surface area contributed by atoms with E-state index in [0.717, 1.165) is 5.92 Å². The average Bonchev–Trinajstić information content (AvgIpc) is 2.27. The second-order valence-electron chi connectivity index (χ2n) is 5.24. The summed E-state index contributed by atoms with van der Waals surface area (Å²) in [5, 5.41) is -0.320. The van der Waals surface area contributed by atoms with Crippen LogP contribution in [0.15, 0.2) is 0 Å². The highest BCUT2D eigenvalue weighted by Gasteiger charge is 2.22. The lowest BCUT2D eigenvalue weighted by Crippen LogP contribution is -2.35. The lowest BCUT2D eigenvalue weighted by Gasteiger charge is -2.28. The van der Waals surface area contributed by atoms with Crippen molar-refractivity contribution in [2.45, 2.75) is 58.1 Å². The van der Waals surface area contributed by atoms with Gasteiger partial charge in [-0.2, -0.15) is 0 Å². The fourth-order valence-corrected chi connectivity index (χ4v) is 3.05. The van der Waals surface area contributed by atoms with Gasteiger partial charge in [-0.05, 0) is 38.5 Å². The van der Waals surface area contributed by atoms with Crippen molar-refractivity contribution in [2.75, 3.05) is 6.54 Å². The predicted molar refractivity (Wildman–Crippen MR) is 67.8 cm³/mol. The van der Waals surface area contributed by atoms with Gasteiger partial charge in [0.05, 0.1) is 5.25 Å². The van der Waals surface area contributed by atoms with Crippen LogP contribution in [0.25, 0.3) is 0 Å². The third kappa shape index (κ3) is 4.06. The molecule has 1 aliphatic carbocycles. The maximum atomic E-state index is 11.6. The maximum Gasteiger partial charge on any atom is 0.213 e. The molecule has 1 saturated carbocycles. The molecule has 96 valence electrons. The molecule has 0 amide bonds. The fraction of sp³-hybridized carbons (Fsp3) is 1.00. The Morgan fingerprint density at radius 3 is 2.06 bits per heavy atom. The van der Waals surface area contributed by atoms with E-state index in [-0.39, 0.29) is 5.25 Å². The minimum Gasteiger partial charge on any atom is -0.215 e. The lowest BCUT2D eigenvalue weighted by atomic mass is 9.81. The number of rotatable bonds is 5. The van der Waals surface area contributed by atoms with E-state index in [1.54, 1.807) is 13.8 Å². The molecule has 0 radical (unpaired) electrons. The molecule has 0 spiro atoms. The average molecular weight is 247 g/mol. The molecular formula is C12H25NO2S. The Bertz CT molecular complexity index is 290. The fourth-order valence-electron chi connectivity index (χ4n) is 2.24. The van der Waals surface area contributed by atoms with Gasteiger partial charge in [-0.25, -0.2) is 13.1 Å². The van der Waals surface area contributed by atoms with Crippen molar-refractivity contribution in [2.24, 2.45) is 11.8 Å². The zero-order chi connectivity index (χ0) is 12.2. The second-order valence-corrected chi connectivity index (χ2v) is 7.56. The van der Waals surface area contributed by atoms with Gasteiger partial charge in [0.25, 0.3) is 0 Å². The smallest absolute Gasteiger partial charge is 0.213 e. The molecule has 0 aliphatic heterocycles. The summed E-state index contributed by atoms with van der Waals surface area (Å²) in [6.07, 6.45) is 6.16. The summed E-state index contributed by atoms with van der Waals surface area (Å²) in [7, 11) is -3.07. The maximum absolute atomic E-state index is 11.6. The first-order valence-corrected chi connectivity index (χ1v) is 7.98. The molecule has 1 fully saturated rings. The van der Waals surface area contributed by atoms with Crippen molar-refractivity contribution in [1.82, 2.24) is 4.72 Å². The van der Waals surface area contributed by atoms with Gasteiger partial charge in [0.2, 0.25) is 10.0 Å². The Morgan fingerprint density at radius 2 is 1.62 bits per heavy atom. The van der Waals surface area contributed by atoms with Crippen molar-refractivity contribution in [3.63, 3.8) is 0 Å². The third-order valence-corrected chi connectivity index (χ3v) is 5.55. The molecule has 0 saturated heterocycles. The van der Waals surface area contributed by atoms with E-state index in [4.69, 9.17) is 0 Å². The van der Waals surface area contributed by atoms with Gasteiger partial charge in [0, 0.05) is 6.54 Å². The molecule has 0 aromatic heterocycles. The molecule has 1 N–H and O–H groups in total. The quantitative estimate of drug-likeness (QED) is 0.811. The van der Waals surface area contributed by atoms with Crippen LogP contribution in [0, 0.1) is 11.8 Å². The molecule has 0 atom stereocenters. The number of nitrogens with one attached hydrogen (secondary N) is 1. The van der Waals surface area contributed by atoms with Gasteiger partial charge in [-0.1, -0.05) is 26.2 Å². The minimum atomic E-state index is -3.07. The van der Waals surface area contributed by atoms with Gasteiger partial charge in [0.1, 0.15) is 0 Å². The van der Waals surface area contributed by atoms with Crippen LogP contribution in [-0.4, -0.2) is 20.2 Å². The second kappa shape index (κ2) is 6.01. The first kappa shape index (κ1) is 14.0. The van der Waals surface area contributed by atoms with E-state index in [0.29, 0.717) is 12.5 Å². The number of hydrogen-bond donors (Lipinski definition) is 1. The van der Waals surface area contributed by atoms with Crippen molar-refractivity contribution in [3.05, 3.63) is 0 Å². The highest BCUT2D eigenvalue weighted by molar-refractivity contribution is 7.90. The van der Waals surface area contributed by atoms with E-state index >= 15 is 0 Å². The Kier molecular flexibility index (Phi) is 5.25. The van der Waals surface area contributed by atoms with Gasteiger partial charge in [-0.3, -0.25) is 0 Å². The van der Waals surface area contributed by atoms with Crippen molar-refractivity contribution in [3.8, 4) is 0 Å². The molecule has 16 heavy (non-hydrogen) atoms. The minimum absolute atomic E-state index is 0.320. The van der Waals surface area contributed by atoms with E-state index in [1.165, 1.54) is 32.1 Å². The zero-order valence-corrected chi connectivity index (χ0v) is 11.5. The third-order valence-electron chi connectivity index (χ3n) is 3.74. The van der Waals surface area contributed by atoms with Crippen molar-refractivity contribution >= 4 is 10.0 Å². The molecule has 1 rings (SSSR count). The van der Waals surface area contributed by atoms with Crippen molar-refractivity contribution in [1.29, 1.82) is 0 Å². The molecule has 3 nitrogen and oxygen atoms in total. The summed E-state index contributed by atoms with van der Waals surface area (Å²) in [6.45, 7) is 6.32. The van der Waals surface area contributed by atoms with E-state index in [2.05, 4.69) is 11.6 Å². The molecule has 0 heterocycles. The standard InChI is InChI=1S/C12H25NO2S/c1-4-11-5-7-12(8-6-11)9-13-16(14,15)10(2)3/h10-13H,4-9H2,1-3H3. The van der Waals surface area contributed by atoms with Crippen LogP contribution in [0.3, 0.4) is 0 Å². The van der Waals surface area contributed by atoms with Crippen LogP contribution in [0.5, 0.6) is 0 Å². The number of sulfonamides is 1. The van der Waals surface area contributed by atoms with Crippen LogP contribution >= 0.6 is 0 Å². The van der Waals surface area contributed by atoms with Crippen LogP contribution in [0.4, 0.5) is 0 Å². The van der Waals surface area contributed by atoms with Gasteiger partial charge >= 0.3 is 0 Å². The molecule has 1 aliphatic rings. The summed E-state index contributed by atoms with van der Waals surface area (Å²) >= 11 is 0. The van der Waals surface area contributed by atoms with Crippen LogP contribution in [0.2, 0.25) is 0 Å². The lowest BCUT2D eigenvalue weighted by molar-refractivity contribution is 0.270. The van der Waals surface area contributed by atoms with Crippen molar-refractivity contribution < 1.29 is 8.42 Å². The first-order chi connectivity index (χ1) is 7.45. The molecule has 0 bridgehead atoms. The SMILES string of the molecule is CCC1CCC(CNS(=O)(=O)C(C)C)CC1. The van der Waals surface area contributed by atoms with E-state index in [9.17, 15) is 8.42 Å². The van der Waals surface area contributed by atoms with E-state index < -0.39 is 10.0 Å². The highest BCUT2D eigenvalue weighted by atomic mass is 32.2. The largest absolute Gasteiger partial charge is 0.215 e. The highest BCUT2D eigenvalue weighted by Crippen LogP contribution is 2.30. The van der Waals surface area contributed by atoms with Gasteiger partial charge < -0.3 is 0 Å². The molecule has 0 aromatic rings. The Labute approximate surface area is 100 Å². The normalized spacial score (nSPS) is 27.2. The summed E-state index contributed by atoms with van der Waals surface area (Å²) in [5.74, 6) is 1.43. The summed E-state index contributed by atoms with van der Waals surface area (Å²) < 4.78 is 25.9. The molecule has 0 unspecified atom stereocenters. The Hall–Kier alpha value is -0.0900. The van der Waals surface area contributed by atoms with Gasteiger partial charge in [-0.15, -0.1) is 0 Å². The van der Waals surface area contributed by atoms with Gasteiger partial charge in [0.15, 0.2) is 0 Å². The van der Waals surface area contributed by atoms with E-state index in [1.807, 2.05) is 0 Å².